The van der Waals surface area contributed by atoms with Crippen molar-refractivity contribution in [2.75, 3.05) is 21.2 Å². The molecule has 0 radical (unpaired) electrons. The Hall–Kier alpha value is -1.49. The number of allylic oxidation sites excluding steroid dienone is 2. The summed E-state index contributed by atoms with van der Waals surface area (Å²) >= 11 is 0. The molecule has 0 fully saturated rings. The van der Waals surface area contributed by atoms with E-state index in [0.29, 0.717) is 0 Å². The van der Waals surface area contributed by atoms with E-state index in [9.17, 15) is 14.0 Å². The molecular weight excluding hydrogens is 201 g/mol. The molecule has 0 aromatic rings. The summed E-state index contributed by atoms with van der Waals surface area (Å²) in [6, 6.07) is 0. The topological polar surface area (TPSA) is 47.8 Å². The van der Waals surface area contributed by atoms with Crippen molar-refractivity contribution in [1.82, 2.24) is 0 Å². The maximum Gasteiger partial charge on any atom is 0.341 e. The van der Waals surface area contributed by atoms with Gasteiger partial charge in [-0.1, -0.05) is 0 Å². The van der Waals surface area contributed by atoms with E-state index < -0.39 is 17.6 Å². The zero-order valence-electron chi connectivity index (χ0n) is 9.26. The van der Waals surface area contributed by atoms with E-state index >= 15 is 0 Å². The molecule has 0 aromatic carbocycles. The number of nitrogens with one attached hydrogen (secondary N) is 1. The molecule has 0 amide bonds. The fourth-order valence-electron chi connectivity index (χ4n) is 0.870. The van der Waals surface area contributed by atoms with Crippen LogP contribution in [-0.4, -0.2) is 33.0 Å². The van der Waals surface area contributed by atoms with Crippen LogP contribution in [0.4, 0.5) is 4.39 Å². The molecule has 0 bridgehead atoms. The third-order valence-corrected chi connectivity index (χ3v) is 1.49. The van der Waals surface area contributed by atoms with Gasteiger partial charge < -0.3 is 9.64 Å². The van der Waals surface area contributed by atoms with E-state index in [2.05, 4.69) is 4.74 Å². The number of ether oxygens (including phenoxy) is 1. The minimum atomic E-state index is -0.834. The highest BCUT2D eigenvalue weighted by Crippen LogP contribution is 2.05. The fourth-order valence-corrected chi connectivity index (χ4v) is 0.870. The molecule has 15 heavy (non-hydrogen) atoms. The molecule has 84 valence electrons. The number of methoxy groups -OCH3 is 1. The normalized spacial score (nSPS) is 12.9. The van der Waals surface area contributed by atoms with Crippen molar-refractivity contribution in [2.45, 2.75) is 6.92 Å². The molecule has 0 rings (SSSR count). The maximum absolute atomic E-state index is 13.2. The van der Waals surface area contributed by atoms with Gasteiger partial charge in [-0.3, -0.25) is 4.79 Å². The highest BCUT2D eigenvalue weighted by Gasteiger charge is 2.15. The third kappa shape index (κ3) is 5.07. The first-order chi connectivity index (χ1) is 6.88. The number of rotatable bonds is 4. The van der Waals surface area contributed by atoms with Gasteiger partial charge in [0.1, 0.15) is 11.8 Å². The Labute approximate surface area is 88.0 Å². The Morgan fingerprint density at radius 1 is 1.33 bits per heavy atom. The van der Waals surface area contributed by atoms with Crippen LogP contribution in [0.3, 0.4) is 0 Å². The molecule has 0 aliphatic carbocycles. The van der Waals surface area contributed by atoms with E-state index in [0.717, 1.165) is 18.1 Å². The highest BCUT2D eigenvalue weighted by atomic mass is 19.1. The SMILES string of the molecule is COC(=O)/C(=C/C(F)=C/[NH+](C)C)C(C)=O. The number of hydrogen-bond acceptors (Lipinski definition) is 3. The van der Waals surface area contributed by atoms with Crippen molar-refractivity contribution >= 4 is 11.8 Å². The molecule has 0 saturated heterocycles. The Kier molecular flexibility index (Phi) is 5.48. The summed E-state index contributed by atoms with van der Waals surface area (Å²) in [5, 5.41) is 0. The number of quaternary nitrogens is 1. The van der Waals surface area contributed by atoms with E-state index in [4.69, 9.17) is 0 Å². The standard InChI is InChI=1S/C10H14FNO3/c1-7(13)9(10(14)15-4)5-8(11)6-12(2)3/h5-6H,1-4H3/p+1/b8-6-,9-5+. The lowest BCUT2D eigenvalue weighted by atomic mass is 10.1. The third-order valence-electron chi connectivity index (χ3n) is 1.49. The minimum Gasteiger partial charge on any atom is -0.465 e. The zero-order valence-corrected chi connectivity index (χ0v) is 9.26. The number of Topliss-reactive ketones (excluding diaryl/α,β-unsaturated/α-hetero) is 1. The first-order valence-corrected chi connectivity index (χ1v) is 4.36. The largest absolute Gasteiger partial charge is 0.465 e. The molecule has 0 aromatic heterocycles. The maximum atomic E-state index is 13.2. The number of carbonyl (C=O) groups is 2. The van der Waals surface area contributed by atoms with Crippen molar-refractivity contribution < 1.29 is 23.6 Å². The predicted octanol–water partition coefficient (Wildman–Crippen LogP) is -0.370. The van der Waals surface area contributed by atoms with Gasteiger partial charge in [0.25, 0.3) is 0 Å². The number of ketones is 1. The van der Waals surface area contributed by atoms with Gasteiger partial charge in [0, 0.05) is 0 Å². The summed E-state index contributed by atoms with van der Waals surface area (Å²) < 4.78 is 17.5. The van der Waals surface area contributed by atoms with Crippen LogP contribution in [0, 0.1) is 0 Å². The molecule has 1 N–H and O–H groups in total. The molecule has 0 unspecified atom stereocenters. The van der Waals surface area contributed by atoms with Crippen molar-refractivity contribution in [3.63, 3.8) is 0 Å². The molecule has 5 heteroatoms. The molecule has 0 aliphatic heterocycles. The average molecular weight is 216 g/mol. The predicted molar refractivity (Wildman–Crippen MR) is 52.8 cm³/mol. The van der Waals surface area contributed by atoms with Crippen LogP contribution in [0.1, 0.15) is 6.92 Å². The van der Waals surface area contributed by atoms with Crippen molar-refractivity contribution in [1.29, 1.82) is 0 Å². The van der Waals surface area contributed by atoms with Gasteiger partial charge in [0.05, 0.1) is 21.2 Å². The number of esters is 1. The Balaban J connectivity index is 5.01. The molecule has 0 atom stereocenters. The van der Waals surface area contributed by atoms with Gasteiger partial charge >= 0.3 is 5.97 Å². The van der Waals surface area contributed by atoms with Crippen LogP contribution in [-0.2, 0) is 14.3 Å². The molecule has 4 nitrogen and oxygen atoms in total. The van der Waals surface area contributed by atoms with E-state index in [1.54, 1.807) is 14.1 Å². The Bertz CT molecular complexity index is 319. The monoisotopic (exact) mass is 216 g/mol. The lowest BCUT2D eigenvalue weighted by Gasteiger charge is -2.01. The van der Waals surface area contributed by atoms with Gasteiger partial charge in [-0.2, -0.15) is 0 Å². The Morgan fingerprint density at radius 2 is 1.87 bits per heavy atom. The van der Waals surface area contributed by atoms with Crippen molar-refractivity contribution in [2.24, 2.45) is 0 Å². The minimum absolute atomic E-state index is 0.299. The number of carbonyl (C=O) groups excluding carboxylic acids is 2. The van der Waals surface area contributed by atoms with Gasteiger partial charge in [-0.15, -0.1) is 0 Å². The van der Waals surface area contributed by atoms with Crippen LogP contribution in [0.5, 0.6) is 0 Å². The summed E-state index contributed by atoms with van der Waals surface area (Å²) in [5.74, 6) is -2.01. The van der Waals surface area contributed by atoms with E-state index in [1.807, 2.05) is 0 Å². The zero-order chi connectivity index (χ0) is 12.0. The number of halogens is 1. The van der Waals surface area contributed by atoms with E-state index in [1.165, 1.54) is 13.1 Å². The summed E-state index contributed by atoms with van der Waals surface area (Å²) in [6.07, 6.45) is 2.10. The van der Waals surface area contributed by atoms with Crippen LogP contribution in [0.15, 0.2) is 23.7 Å². The second-order valence-corrected chi connectivity index (χ2v) is 3.21. The van der Waals surface area contributed by atoms with Gasteiger partial charge in [0.15, 0.2) is 11.6 Å². The molecule has 0 spiro atoms. The van der Waals surface area contributed by atoms with E-state index in [-0.39, 0.29) is 5.57 Å². The molecule has 0 saturated carbocycles. The first kappa shape index (κ1) is 13.5. The summed E-state index contributed by atoms with van der Waals surface area (Å²) in [4.78, 5) is 22.8. The van der Waals surface area contributed by atoms with Crippen molar-refractivity contribution in [3.8, 4) is 0 Å². The van der Waals surface area contributed by atoms with Crippen LogP contribution in [0.25, 0.3) is 0 Å². The van der Waals surface area contributed by atoms with Gasteiger partial charge in [-0.05, 0) is 13.0 Å². The molecule has 0 heterocycles. The lowest BCUT2D eigenvalue weighted by Crippen LogP contribution is -3.00. The quantitative estimate of drug-likeness (QED) is 0.229. The summed E-state index contributed by atoms with van der Waals surface area (Å²) in [7, 11) is 4.55. The highest BCUT2D eigenvalue weighted by molar-refractivity contribution is 6.16. The smallest absolute Gasteiger partial charge is 0.341 e. The van der Waals surface area contributed by atoms with Gasteiger partial charge in [0.2, 0.25) is 0 Å². The van der Waals surface area contributed by atoms with Crippen LogP contribution in [0.2, 0.25) is 0 Å². The first-order valence-electron chi connectivity index (χ1n) is 4.36. The Morgan fingerprint density at radius 3 is 2.20 bits per heavy atom. The van der Waals surface area contributed by atoms with Crippen molar-refractivity contribution in [3.05, 3.63) is 23.7 Å². The van der Waals surface area contributed by atoms with Crippen LogP contribution < -0.4 is 4.90 Å². The molecular formula is C10H15FNO3+. The summed E-state index contributed by atoms with van der Waals surface area (Å²) in [6.45, 7) is 1.18. The number of hydrogen-bond donors (Lipinski definition) is 1. The van der Waals surface area contributed by atoms with Gasteiger partial charge in [-0.25, -0.2) is 9.18 Å². The fraction of sp³-hybridized carbons (Fsp3) is 0.400. The second kappa shape index (κ2) is 6.08. The average Bonchev–Trinajstić information content (AvgIpc) is 2.11. The molecule has 0 aliphatic rings. The summed E-state index contributed by atoms with van der Waals surface area (Å²) in [5.41, 5.74) is -0.299. The lowest BCUT2D eigenvalue weighted by molar-refractivity contribution is -0.802. The second-order valence-electron chi connectivity index (χ2n) is 3.21. The van der Waals surface area contributed by atoms with Crippen LogP contribution >= 0.6 is 0 Å².